The monoisotopic (exact) mass is 371 g/mol. The van der Waals surface area contributed by atoms with Crippen molar-refractivity contribution in [1.29, 1.82) is 0 Å². The highest BCUT2D eigenvalue weighted by Crippen LogP contribution is 2.25. The molecular formula is C20H29N5O2. The minimum absolute atomic E-state index is 0.0266. The van der Waals surface area contributed by atoms with Crippen molar-refractivity contribution in [2.45, 2.75) is 39.2 Å². The minimum Gasteiger partial charge on any atom is -0.338 e. The zero-order valence-corrected chi connectivity index (χ0v) is 16.4. The Morgan fingerprint density at radius 1 is 1.30 bits per heavy atom. The van der Waals surface area contributed by atoms with Gasteiger partial charge in [0.25, 0.3) is 0 Å². The number of aromatic nitrogens is 3. The van der Waals surface area contributed by atoms with Crippen molar-refractivity contribution in [3.05, 3.63) is 52.2 Å². The normalized spacial score (nSPS) is 17.3. The molecule has 1 aromatic heterocycles. The number of hydrogen-bond donors (Lipinski definition) is 1. The second kappa shape index (κ2) is 8.41. The number of likely N-dealkylation sites (tertiary alicyclic amines) is 1. The van der Waals surface area contributed by atoms with Crippen LogP contribution in [0.25, 0.3) is 0 Å². The van der Waals surface area contributed by atoms with Crippen molar-refractivity contribution < 1.29 is 4.79 Å². The average Bonchev–Trinajstić information content (AvgIpc) is 2.95. The topological polar surface area (TPSA) is 72.2 Å². The lowest BCUT2D eigenvalue weighted by Crippen LogP contribution is -2.46. The van der Waals surface area contributed by atoms with Crippen LogP contribution in [0.5, 0.6) is 0 Å². The Morgan fingerprint density at radius 3 is 2.74 bits per heavy atom. The molecule has 1 saturated heterocycles. The highest BCUT2D eigenvalue weighted by atomic mass is 16.2. The standard InChI is InChI=1S/C20H29N5O2/c1-15(2)12-21-19(26)24-11-7-10-17(14-24)18-22-23(3)20(27)25(18)13-16-8-5-4-6-9-16/h4-6,8-9,15,17H,7,10-14H2,1-3H3,(H,21,26). The summed E-state index contributed by atoms with van der Waals surface area (Å²) in [5.41, 5.74) is 0.950. The molecule has 1 fully saturated rings. The van der Waals surface area contributed by atoms with E-state index in [1.165, 1.54) is 4.68 Å². The molecular weight excluding hydrogens is 342 g/mol. The zero-order valence-electron chi connectivity index (χ0n) is 16.4. The van der Waals surface area contributed by atoms with Crippen LogP contribution in [0, 0.1) is 5.92 Å². The molecule has 0 saturated carbocycles. The first-order chi connectivity index (χ1) is 13.0. The smallest absolute Gasteiger partial charge is 0.338 e. The number of carbonyl (C=O) groups is 1. The third kappa shape index (κ3) is 4.59. The van der Waals surface area contributed by atoms with Gasteiger partial charge in [-0.2, -0.15) is 5.10 Å². The van der Waals surface area contributed by atoms with E-state index < -0.39 is 0 Å². The molecule has 2 aromatic rings. The number of piperidine rings is 1. The fraction of sp³-hybridized carbons (Fsp3) is 0.550. The SMILES string of the molecule is CC(C)CNC(=O)N1CCCC(c2nn(C)c(=O)n2Cc2ccccc2)C1. The number of amides is 2. The quantitative estimate of drug-likeness (QED) is 0.876. The molecule has 0 radical (unpaired) electrons. The van der Waals surface area contributed by atoms with Gasteiger partial charge in [-0.3, -0.25) is 4.57 Å². The molecule has 2 heterocycles. The Kier molecular flexibility index (Phi) is 5.98. The van der Waals surface area contributed by atoms with Crippen LogP contribution in [-0.2, 0) is 13.6 Å². The van der Waals surface area contributed by atoms with Crippen molar-refractivity contribution in [3.8, 4) is 0 Å². The van der Waals surface area contributed by atoms with Crippen LogP contribution in [-0.4, -0.2) is 44.9 Å². The summed E-state index contributed by atoms with van der Waals surface area (Å²) in [6, 6.07) is 9.90. The summed E-state index contributed by atoms with van der Waals surface area (Å²) in [7, 11) is 1.68. The molecule has 1 atom stereocenters. The van der Waals surface area contributed by atoms with Gasteiger partial charge in [0.15, 0.2) is 0 Å². The van der Waals surface area contributed by atoms with Crippen molar-refractivity contribution in [2.24, 2.45) is 13.0 Å². The number of nitrogens with one attached hydrogen (secondary N) is 1. The van der Waals surface area contributed by atoms with E-state index in [-0.39, 0.29) is 17.6 Å². The Hall–Kier alpha value is -2.57. The van der Waals surface area contributed by atoms with Gasteiger partial charge in [-0.15, -0.1) is 0 Å². The van der Waals surface area contributed by atoms with Gasteiger partial charge >= 0.3 is 11.7 Å². The lowest BCUT2D eigenvalue weighted by Gasteiger charge is -2.32. The number of urea groups is 1. The van der Waals surface area contributed by atoms with Crippen molar-refractivity contribution in [3.63, 3.8) is 0 Å². The van der Waals surface area contributed by atoms with Crippen LogP contribution in [0.2, 0.25) is 0 Å². The van der Waals surface area contributed by atoms with E-state index in [1.54, 1.807) is 11.6 Å². The number of rotatable bonds is 5. The van der Waals surface area contributed by atoms with Crippen molar-refractivity contribution >= 4 is 6.03 Å². The highest BCUT2D eigenvalue weighted by Gasteiger charge is 2.29. The molecule has 0 spiro atoms. The van der Waals surface area contributed by atoms with E-state index in [9.17, 15) is 9.59 Å². The Labute approximate surface area is 160 Å². The first-order valence-corrected chi connectivity index (χ1v) is 9.66. The fourth-order valence-corrected chi connectivity index (χ4v) is 3.52. The number of carbonyl (C=O) groups excluding carboxylic acids is 1. The third-order valence-electron chi connectivity index (χ3n) is 4.96. The number of aryl methyl sites for hydroxylation is 1. The largest absolute Gasteiger partial charge is 0.345 e. The summed E-state index contributed by atoms with van der Waals surface area (Å²) < 4.78 is 3.14. The van der Waals surface area contributed by atoms with E-state index in [1.807, 2.05) is 35.2 Å². The third-order valence-corrected chi connectivity index (χ3v) is 4.96. The lowest BCUT2D eigenvalue weighted by atomic mass is 9.97. The fourth-order valence-electron chi connectivity index (χ4n) is 3.52. The van der Waals surface area contributed by atoms with Crippen LogP contribution < -0.4 is 11.0 Å². The van der Waals surface area contributed by atoms with E-state index in [2.05, 4.69) is 24.3 Å². The summed E-state index contributed by atoms with van der Waals surface area (Å²) in [5, 5.41) is 7.49. The van der Waals surface area contributed by atoms with Gasteiger partial charge in [0, 0.05) is 32.6 Å². The van der Waals surface area contributed by atoms with E-state index in [0.717, 1.165) is 30.8 Å². The molecule has 0 bridgehead atoms. The molecule has 7 heteroatoms. The van der Waals surface area contributed by atoms with E-state index in [4.69, 9.17) is 0 Å². The summed E-state index contributed by atoms with van der Waals surface area (Å²) >= 11 is 0. The minimum atomic E-state index is -0.116. The lowest BCUT2D eigenvalue weighted by molar-refractivity contribution is 0.176. The molecule has 3 rings (SSSR count). The molecule has 1 aliphatic heterocycles. The summed E-state index contributed by atoms with van der Waals surface area (Å²) in [6.07, 6.45) is 1.84. The molecule has 27 heavy (non-hydrogen) atoms. The molecule has 1 aromatic carbocycles. The predicted octanol–water partition coefficient (Wildman–Crippen LogP) is 2.18. The maximum absolute atomic E-state index is 12.6. The Morgan fingerprint density at radius 2 is 2.04 bits per heavy atom. The molecule has 2 amide bonds. The van der Waals surface area contributed by atoms with E-state index in [0.29, 0.717) is 25.6 Å². The van der Waals surface area contributed by atoms with Gasteiger partial charge in [-0.05, 0) is 24.3 Å². The second-order valence-electron chi connectivity index (χ2n) is 7.70. The molecule has 1 unspecified atom stereocenters. The second-order valence-corrected chi connectivity index (χ2v) is 7.70. The van der Waals surface area contributed by atoms with Crippen LogP contribution >= 0.6 is 0 Å². The van der Waals surface area contributed by atoms with E-state index >= 15 is 0 Å². The van der Waals surface area contributed by atoms with Crippen molar-refractivity contribution in [2.75, 3.05) is 19.6 Å². The summed E-state index contributed by atoms with van der Waals surface area (Å²) in [6.45, 7) is 6.66. The summed E-state index contributed by atoms with van der Waals surface area (Å²) in [5.74, 6) is 1.26. The van der Waals surface area contributed by atoms with Crippen LogP contribution in [0.1, 0.15) is 44.0 Å². The van der Waals surface area contributed by atoms with Gasteiger partial charge < -0.3 is 10.2 Å². The summed E-state index contributed by atoms with van der Waals surface area (Å²) in [4.78, 5) is 26.9. The maximum atomic E-state index is 12.6. The van der Waals surface area contributed by atoms with Gasteiger partial charge in [0.05, 0.1) is 6.54 Å². The van der Waals surface area contributed by atoms with Gasteiger partial charge in [0.1, 0.15) is 5.82 Å². The first kappa shape index (κ1) is 19.2. The Bertz CT molecular complexity index is 825. The van der Waals surface area contributed by atoms with Crippen LogP contribution in [0.15, 0.2) is 35.1 Å². The Balaban J connectivity index is 1.78. The molecule has 1 aliphatic rings. The number of hydrogen-bond acceptors (Lipinski definition) is 3. The van der Waals surface area contributed by atoms with Gasteiger partial charge in [0.2, 0.25) is 0 Å². The molecule has 7 nitrogen and oxygen atoms in total. The van der Waals surface area contributed by atoms with Gasteiger partial charge in [-0.1, -0.05) is 44.2 Å². The molecule has 0 aliphatic carbocycles. The van der Waals surface area contributed by atoms with Crippen LogP contribution in [0.3, 0.4) is 0 Å². The maximum Gasteiger partial charge on any atom is 0.345 e. The van der Waals surface area contributed by atoms with Gasteiger partial charge in [-0.25, -0.2) is 14.3 Å². The first-order valence-electron chi connectivity index (χ1n) is 9.66. The highest BCUT2D eigenvalue weighted by molar-refractivity contribution is 5.74. The number of benzene rings is 1. The molecule has 1 N–H and O–H groups in total. The van der Waals surface area contributed by atoms with Crippen molar-refractivity contribution in [1.82, 2.24) is 24.6 Å². The average molecular weight is 371 g/mol. The predicted molar refractivity (Wildman–Crippen MR) is 105 cm³/mol. The van der Waals surface area contributed by atoms with Crippen LogP contribution in [0.4, 0.5) is 4.79 Å². The number of nitrogens with zero attached hydrogens (tertiary/aromatic N) is 4. The zero-order chi connectivity index (χ0) is 19.4. The molecule has 146 valence electrons.